The first-order valence-electron chi connectivity index (χ1n) is 7.05. The molecule has 0 amide bonds. The van der Waals surface area contributed by atoms with Crippen LogP contribution in [0.25, 0.3) is 11.0 Å². The molecule has 0 unspecified atom stereocenters. The zero-order valence-corrected chi connectivity index (χ0v) is 12.3. The second kappa shape index (κ2) is 7.62. The van der Waals surface area contributed by atoms with Crippen molar-refractivity contribution in [3.05, 3.63) is 24.0 Å². The number of ether oxygens (including phenoxy) is 1. The van der Waals surface area contributed by atoms with E-state index < -0.39 is 0 Å². The molecular formula is C15H21N5O. The Labute approximate surface area is 124 Å². The van der Waals surface area contributed by atoms with E-state index in [9.17, 15) is 0 Å². The lowest BCUT2D eigenvalue weighted by Crippen LogP contribution is -2.30. The minimum atomic E-state index is 0.528. The van der Waals surface area contributed by atoms with Gasteiger partial charge in [0.05, 0.1) is 23.7 Å². The van der Waals surface area contributed by atoms with E-state index in [-0.39, 0.29) is 0 Å². The summed E-state index contributed by atoms with van der Waals surface area (Å²) in [6.45, 7) is 3.10. The van der Waals surface area contributed by atoms with Crippen LogP contribution in [-0.4, -0.2) is 48.2 Å². The zero-order valence-electron chi connectivity index (χ0n) is 12.3. The topological polar surface area (TPSA) is 91.0 Å². The molecule has 6 heteroatoms. The average Bonchev–Trinajstić information content (AvgIpc) is 2.88. The van der Waals surface area contributed by atoms with Gasteiger partial charge in [0.1, 0.15) is 5.82 Å². The maximum atomic E-state index is 8.71. The maximum absolute atomic E-state index is 8.71. The first kappa shape index (κ1) is 15.3. The van der Waals surface area contributed by atoms with E-state index in [4.69, 9.17) is 15.7 Å². The lowest BCUT2D eigenvalue weighted by Gasteiger charge is -2.19. The van der Waals surface area contributed by atoms with Crippen LogP contribution in [0.4, 0.5) is 5.69 Å². The van der Waals surface area contributed by atoms with Crippen LogP contribution in [0.15, 0.2) is 18.2 Å². The Morgan fingerprint density at radius 2 is 2.24 bits per heavy atom. The lowest BCUT2D eigenvalue weighted by molar-refractivity contribution is 0.149. The number of hydrogen-bond donors (Lipinski definition) is 2. The zero-order chi connectivity index (χ0) is 15.1. The summed E-state index contributed by atoms with van der Waals surface area (Å²) in [5, 5.41) is 8.71. The van der Waals surface area contributed by atoms with Gasteiger partial charge >= 0.3 is 0 Å². The van der Waals surface area contributed by atoms with Crippen LogP contribution in [0.1, 0.15) is 12.2 Å². The summed E-state index contributed by atoms with van der Waals surface area (Å²) in [6.07, 6.45) is 1.34. The number of nitrogens with two attached hydrogens (primary N) is 1. The normalized spacial score (nSPS) is 11.1. The number of nitrogens with zero attached hydrogens (tertiary/aromatic N) is 3. The molecule has 2 aromatic rings. The van der Waals surface area contributed by atoms with Gasteiger partial charge in [-0.1, -0.05) is 0 Å². The Morgan fingerprint density at radius 1 is 1.38 bits per heavy atom. The monoisotopic (exact) mass is 287 g/mol. The fourth-order valence-corrected chi connectivity index (χ4v) is 2.23. The Bertz CT molecular complexity index is 616. The van der Waals surface area contributed by atoms with E-state index in [0.717, 1.165) is 48.6 Å². The number of rotatable bonds is 8. The molecule has 0 bridgehead atoms. The van der Waals surface area contributed by atoms with Crippen LogP contribution in [0.3, 0.4) is 0 Å². The Balaban J connectivity index is 1.95. The smallest absolute Gasteiger partial charge is 0.108 e. The van der Waals surface area contributed by atoms with E-state index >= 15 is 0 Å². The molecule has 0 aliphatic rings. The van der Waals surface area contributed by atoms with Gasteiger partial charge in [0.2, 0.25) is 0 Å². The van der Waals surface area contributed by atoms with Crippen LogP contribution in [0, 0.1) is 11.3 Å². The highest BCUT2D eigenvalue weighted by atomic mass is 16.5. The molecule has 112 valence electrons. The molecule has 6 nitrogen and oxygen atoms in total. The molecule has 0 saturated carbocycles. The molecule has 1 heterocycles. The van der Waals surface area contributed by atoms with Crippen molar-refractivity contribution in [2.24, 2.45) is 0 Å². The number of methoxy groups -OCH3 is 1. The molecule has 0 radical (unpaired) electrons. The van der Waals surface area contributed by atoms with E-state index in [1.807, 2.05) is 18.2 Å². The third-order valence-corrected chi connectivity index (χ3v) is 3.37. The lowest BCUT2D eigenvalue weighted by atomic mass is 10.3. The van der Waals surface area contributed by atoms with Crippen LogP contribution < -0.4 is 5.73 Å². The van der Waals surface area contributed by atoms with Gasteiger partial charge in [0.15, 0.2) is 0 Å². The average molecular weight is 287 g/mol. The van der Waals surface area contributed by atoms with Crippen molar-refractivity contribution in [1.82, 2.24) is 14.9 Å². The van der Waals surface area contributed by atoms with Crippen LogP contribution in [-0.2, 0) is 11.2 Å². The molecule has 1 aromatic carbocycles. The van der Waals surface area contributed by atoms with Crippen molar-refractivity contribution in [3.8, 4) is 6.07 Å². The largest absolute Gasteiger partial charge is 0.399 e. The van der Waals surface area contributed by atoms with Crippen molar-refractivity contribution in [2.45, 2.75) is 12.8 Å². The van der Waals surface area contributed by atoms with Crippen molar-refractivity contribution in [3.63, 3.8) is 0 Å². The van der Waals surface area contributed by atoms with E-state index in [2.05, 4.69) is 20.9 Å². The van der Waals surface area contributed by atoms with Gasteiger partial charge in [0.25, 0.3) is 0 Å². The van der Waals surface area contributed by atoms with E-state index in [1.165, 1.54) is 0 Å². The minimum absolute atomic E-state index is 0.528. The van der Waals surface area contributed by atoms with Gasteiger partial charge < -0.3 is 15.5 Å². The molecule has 0 aliphatic heterocycles. The predicted octanol–water partition coefficient (Wildman–Crippen LogP) is 1.55. The number of anilines is 1. The summed E-state index contributed by atoms with van der Waals surface area (Å²) in [4.78, 5) is 10.1. The second-order valence-corrected chi connectivity index (χ2v) is 4.95. The van der Waals surface area contributed by atoms with Crippen molar-refractivity contribution in [2.75, 3.05) is 39.1 Å². The highest BCUT2D eigenvalue weighted by Gasteiger charge is 2.08. The molecule has 1 aromatic heterocycles. The number of nitriles is 1. The van der Waals surface area contributed by atoms with Crippen molar-refractivity contribution >= 4 is 16.7 Å². The Morgan fingerprint density at radius 3 is 3.00 bits per heavy atom. The highest BCUT2D eigenvalue weighted by Crippen LogP contribution is 2.15. The number of nitrogens with one attached hydrogen (secondary N) is 1. The molecule has 2 rings (SSSR count). The molecule has 0 aliphatic carbocycles. The summed E-state index contributed by atoms with van der Waals surface area (Å²) >= 11 is 0. The molecular weight excluding hydrogens is 266 g/mol. The summed E-state index contributed by atoms with van der Waals surface area (Å²) in [7, 11) is 1.69. The van der Waals surface area contributed by atoms with Crippen molar-refractivity contribution < 1.29 is 4.74 Å². The third-order valence-electron chi connectivity index (χ3n) is 3.37. The fraction of sp³-hybridized carbons (Fsp3) is 0.467. The Kier molecular flexibility index (Phi) is 5.55. The number of nitrogen functional groups attached to an aromatic ring is 1. The van der Waals surface area contributed by atoms with Gasteiger partial charge in [-0.2, -0.15) is 5.26 Å². The maximum Gasteiger partial charge on any atom is 0.108 e. The molecule has 0 saturated heterocycles. The number of aromatic amines is 1. The van der Waals surface area contributed by atoms with E-state index in [0.29, 0.717) is 13.0 Å². The molecule has 3 N–H and O–H groups in total. The fourth-order valence-electron chi connectivity index (χ4n) is 2.23. The molecule has 0 atom stereocenters. The summed E-state index contributed by atoms with van der Waals surface area (Å²) < 4.78 is 5.10. The predicted molar refractivity (Wildman–Crippen MR) is 82.8 cm³/mol. The number of fused-ring (bicyclic) bond motifs is 1. The molecule has 21 heavy (non-hydrogen) atoms. The minimum Gasteiger partial charge on any atom is -0.399 e. The van der Waals surface area contributed by atoms with Crippen LogP contribution in [0.2, 0.25) is 0 Å². The van der Waals surface area contributed by atoms with E-state index in [1.54, 1.807) is 7.11 Å². The first-order valence-corrected chi connectivity index (χ1v) is 7.05. The highest BCUT2D eigenvalue weighted by molar-refractivity contribution is 5.78. The number of imidazole rings is 1. The number of benzene rings is 1. The second-order valence-electron chi connectivity index (χ2n) is 4.95. The van der Waals surface area contributed by atoms with Gasteiger partial charge in [-0.05, 0) is 18.2 Å². The summed E-state index contributed by atoms with van der Waals surface area (Å²) in [5.74, 6) is 0.940. The quantitative estimate of drug-likeness (QED) is 0.719. The summed E-state index contributed by atoms with van der Waals surface area (Å²) in [5.41, 5.74) is 8.39. The van der Waals surface area contributed by atoms with Gasteiger partial charge in [-0.3, -0.25) is 4.90 Å². The standard InChI is InChI=1S/C15H21N5O/c1-21-10-9-20(7-2-6-16)8-5-15-18-13-4-3-12(17)11-14(13)19-15/h3-4,11H,2,5,7-10,17H2,1H3,(H,18,19). The van der Waals surface area contributed by atoms with Gasteiger partial charge in [-0.15, -0.1) is 0 Å². The van der Waals surface area contributed by atoms with Crippen molar-refractivity contribution in [1.29, 1.82) is 5.26 Å². The Hall–Kier alpha value is -2.10. The van der Waals surface area contributed by atoms with Gasteiger partial charge in [-0.25, -0.2) is 4.98 Å². The number of hydrogen-bond acceptors (Lipinski definition) is 5. The molecule has 0 spiro atoms. The third kappa shape index (κ3) is 4.45. The first-order chi connectivity index (χ1) is 10.2. The summed E-state index contributed by atoms with van der Waals surface area (Å²) in [6, 6.07) is 7.85. The van der Waals surface area contributed by atoms with Crippen LogP contribution in [0.5, 0.6) is 0 Å². The van der Waals surface area contributed by atoms with Crippen LogP contribution >= 0.6 is 0 Å². The SMILES string of the molecule is COCCN(CCC#N)CCc1nc2ccc(N)cc2[nH]1. The number of aromatic nitrogens is 2. The molecule has 0 fully saturated rings. The van der Waals surface area contributed by atoms with Gasteiger partial charge in [0, 0.05) is 45.3 Å². The number of H-pyrrole nitrogens is 1.